The van der Waals surface area contributed by atoms with Crippen molar-refractivity contribution in [2.75, 3.05) is 31.1 Å². The molecule has 0 unspecified atom stereocenters. The van der Waals surface area contributed by atoms with E-state index in [9.17, 15) is 9.59 Å². The van der Waals surface area contributed by atoms with E-state index in [0.717, 1.165) is 37.4 Å². The molecule has 0 N–H and O–H groups in total. The summed E-state index contributed by atoms with van der Waals surface area (Å²) in [6, 6.07) is 12.5. The van der Waals surface area contributed by atoms with Crippen LogP contribution in [0.5, 0.6) is 0 Å². The molecule has 0 aliphatic carbocycles. The number of piperazine rings is 1. The number of aryl methyl sites for hydroxylation is 5. The van der Waals surface area contributed by atoms with Gasteiger partial charge in [0.25, 0.3) is 0 Å². The van der Waals surface area contributed by atoms with Gasteiger partial charge in [-0.1, -0.05) is 18.2 Å². The highest BCUT2D eigenvalue weighted by Gasteiger charge is 2.22. The monoisotopic (exact) mass is 498 g/mol. The Kier molecular flexibility index (Phi) is 6.82. The number of rotatable bonds is 6. The molecule has 192 valence electrons. The van der Waals surface area contributed by atoms with Crippen LogP contribution in [0.4, 0.5) is 5.69 Å². The van der Waals surface area contributed by atoms with Gasteiger partial charge in [-0.2, -0.15) is 0 Å². The first-order chi connectivity index (χ1) is 17.8. The standard InChI is InChI=1S/C29H34N6O2/c1-20-8-9-22(3)25(18-20)32-12-14-33(15-13-32)27(36)7-5-6-26-30-31-28-29(37)34(16-17-35(26)28)24-11-10-21(2)23(4)19-24/h8-11,16-19H,5-7,12-15H2,1-4H3. The van der Waals surface area contributed by atoms with Crippen molar-refractivity contribution in [1.29, 1.82) is 0 Å². The van der Waals surface area contributed by atoms with Crippen LogP contribution < -0.4 is 10.5 Å². The lowest BCUT2D eigenvalue weighted by molar-refractivity contribution is -0.131. The van der Waals surface area contributed by atoms with E-state index in [1.807, 2.05) is 43.1 Å². The van der Waals surface area contributed by atoms with Gasteiger partial charge in [0.2, 0.25) is 11.6 Å². The van der Waals surface area contributed by atoms with Gasteiger partial charge in [-0.05, 0) is 74.6 Å². The summed E-state index contributed by atoms with van der Waals surface area (Å²) in [6.45, 7) is 11.5. The second-order valence-corrected chi connectivity index (χ2v) is 10.1. The van der Waals surface area contributed by atoms with Crippen LogP contribution in [0.25, 0.3) is 11.3 Å². The molecule has 37 heavy (non-hydrogen) atoms. The third kappa shape index (κ3) is 5.01. The Balaban J connectivity index is 1.19. The van der Waals surface area contributed by atoms with Crippen molar-refractivity contribution < 1.29 is 4.79 Å². The zero-order chi connectivity index (χ0) is 26.1. The van der Waals surface area contributed by atoms with Crippen LogP contribution in [0.15, 0.2) is 53.6 Å². The summed E-state index contributed by atoms with van der Waals surface area (Å²) in [4.78, 5) is 30.3. The molecule has 0 atom stereocenters. The number of carbonyl (C=O) groups excluding carboxylic acids is 1. The maximum absolute atomic E-state index is 13.1. The Morgan fingerprint density at radius 1 is 0.865 bits per heavy atom. The maximum atomic E-state index is 13.1. The van der Waals surface area contributed by atoms with E-state index in [1.165, 1.54) is 22.4 Å². The lowest BCUT2D eigenvalue weighted by Gasteiger charge is -2.37. The van der Waals surface area contributed by atoms with E-state index in [0.29, 0.717) is 30.7 Å². The molecule has 0 saturated carbocycles. The molecule has 8 nitrogen and oxygen atoms in total. The predicted molar refractivity (Wildman–Crippen MR) is 146 cm³/mol. The lowest BCUT2D eigenvalue weighted by Crippen LogP contribution is -2.49. The molecule has 4 aromatic rings. The highest BCUT2D eigenvalue weighted by Crippen LogP contribution is 2.23. The SMILES string of the molecule is Cc1ccc(C)c(N2CCN(C(=O)CCCc3nnc4c(=O)n(-c5ccc(C)c(C)c5)ccn34)CC2)c1. The fourth-order valence-electron chi connectivity index (χ4n) is 5.00. The van der Waals surface area contributed by atoms with E-state index in [-0.39, 0.29) is 11.5 Å². The molecule has 2 aromatic carbocycles. The average molecular weight is 499 g/mol. The fourth-order valence-corrected chi connectivity index (χ4v) is 5.00. The second kappa shape index (κ2) is 10.2. The number of hydrogen-bond acceptors (Lipinski definition) is 5. The van der Waals surface area contributed by atoms with Crippen LogP contribution in [0, 0.1) is 27.7 Å². The topological polar surface area (TPSA) is 75.7 Å². The van der Waals surface area contributed by atoms with Crippen molar-refractivity contribution in [3.63, 3.8) is 0 Å². The Morgan fingerprint density at radius 2 is 1.62 bits per heavy atom. The third-order valence-corrected chi connectivity index (χ3v) is 7.44. The van der Waals surface area contributed by atoms with Gasteiger partial charge in [0.05, 0.1) is 0 Å². The summed E-state index contributed by atoms with van der Waals surface area (Å²) in [6.07, 6.45) is 5.29. The van der Waals surface area contributed by atoms with Gasteiger partial charge in [0.15, 0.2) is 0 Å². The smallest absolute Gasteiger partial charge is 0.300 e. The van der Waals surface area contributed by atoms with Crippen molar-refractivity contribution in [2.45, 2.75) is 47.0 Å². The zero-order valence-electron chi connectivity index (χ0n) is 22.1. The molecule has 1 amide bonds. The van der Waals surface area contributed by atoms with Gasteiger partial charge in [-0.25, -0.2) is 0 Å². The molecule has 3 heterocycles. The van der Waals surface area contributed by atoms with E-state index in [2.05, 4.69) is 47.1 Å². The molecule has 2 aromatic heterocycles. The zero-order valence-corrected chi connectivity index (χ0v) is 22.1. The molecule has 8 heteroatoms. The number of anilines is 1. The van der Waals surface area contributed by atoms with Crippen LogP contribution in [0.3, 0.4) is 0 Å². The third-order valence-electron chi connectivity index (χ3n) is 7.44. The first-order valence-electron chi connectivity index (χ1n) is 12.9. The number of benzene rings is 2. The van der Waals surface area contributed by atoms with Gasteiger partial charge in [-0.3, -0.25) is 18.6 Å². The van der Waals surface area contributed by atoms with Crippen molar-refractivity contribution in [3.05, 3.63) is 87.2 Å². The number of nitrogens with zero attached hydrogens (tertiary/aromatic N) is 6. The van der Waals surface area contributed by atoms with Crippen LogP contribution in [-0.2, 0) is 11.2 Å². The summed E-state index contributed by atoms with van der Waals surface area (Å²) in [5.74, 6) is 0.874. The highest BCUT2D eigenvalue weighted by atomic mass is 16.2. The van der Waals surface area contributed by atoms with Gasteiger partial charge < -0.3 is 9.80 Å². The van der Waals surface area contributed by atoms with E-state index < -0.39 is 0 Å². The summed E-state index contributed by atoms with van der Waals surface area (Å²) in [5.41, 5.74) is 7.00. The lowest BCUT2D eigenvalue weighted by atomic mass is 10.1. The summed E-state index contributed by atoms with van der Waals surface area (Å²) < 4.78 is 3.34. The normalized spacial score (nSPS) is 13.9. The molecular weight excluding hydrogens is 464 g/mol. The van der Waals surface area contributed by atoms with Crippen molar-refractivity contribution in [3.8, 4) is 5.69 Å². The minimum Gasteiger partial charge on any atom is -0.368 e. The summed E-state index contributed by atoms with van der Waals surface area (Å²) in [7, 11) is 0. The number of fused-ring (bicyclic) bond motifs is 1. The van der Waals surface area contributed by atoms with Gasteiger partial charge in [-0.15, -0.1) is 10.2 Å². The molecule has 0 spiro atoms. The first kappa shape index (κ1) is 24.7. The predicted octanol–water partition coefficient (Wildman–Crippen LogP) is 3.79. The van der Waals surface area contributed by atoms with E-state index >= 15 is 0 Å². The number of hydrogen-bond donors (Lipinski definition) is 0. The largest absolute Gasteiger partial charge is 0.368 e. The highest BCUT2D eigenvalue weighted by molar-refractivity contribution is 5.76. The van der Waals surface area contributed by atoms with Crippen LogP contribution in [0.1, 0.15) is 40.9 Å². The van der Waals surface area contributed by atoms with Gasteiger partial charge in [0.1, 0.15) is 5.82 Å². The minimum atomic E-state index is -0.206. The van der Waals surface area contributed by atoms with E-state index in [4.69, 9.17) is 0 Å². The Morgan fingerprint density at radius 3 is 2.38 bits per heavy atom. The van der Waals surface area contributed by atoms with Crippen molar-refractivity contribution >= 4 is 17.2 Å². The molecule has 0 bridgehead atoms. The van der Waals surface area contributed by atoms with Crippen molar-refractivity contribution in [1.82, 2.24) is 24.1 Å². The van der Waals surface area contributed by atoms with Crippen LogP contribution in [-0.4, -0.2) is 56.2 Å². The molecule has 1 aliphatic heterocycles. The number of carbonyl (C=O) groups is 1. The quantitative estimate of drug-likeness (QED) is 0.404. The Bertz CT molecular complexity index is 1510. The van der Waals surface area contributed by atoms with Crippen molar-refractivity contribution in [2.24, 2.45) is 0 Å². The molecule has 1 saturated heterocycles. The van der Waals surface area contributed by atoms with Crippen LogP contribution in [0.2, 0.25) is 0 Å². The number of amides is 1. The molecular formula is C29H34N6O2. The summed E-state index contributed by atoms with van der Waals surface area (Å²) >= 11 is 0. The molecule has 1 aliphatic rings. The molecule has 1 fully saturated rings. The first-order valence-corrected chi connectivity index (χ1v) is 12.9. The van der Waals surface area contributed by atoms with Gasteiger partial charge in [0, 0.05) is 62.8 Å². The van der Waals surface area contributed by atoms with E-state index in [1.54, 1.807) is 15.2 Å². The minimum absolute atomic E-state index is 0.173. The average Bonchev–Trinajstić information content (AvgIpc) is 3.31. The molecule has 0 radical (unpaired) electrons. The fraction of sp³-hybridized carbons (Fsp3) is 0.379. The number of aromatic nitrogens is 4. The maximum Gasteiger partial charge on any atom is 0.300 e. The Labute approximate surface area is 217 Å². The molecule has 5 rings (SSSR count). The Hall–Kier alpha value is -3.94. The second-order valence-electron chi connectivity index (χ2n) is 10.1. The summed E-state index contributed by atoms with van der Waals surface area (Å²) in [5, 5.41) is 8.42. The van der Waals surface area contributed by atoms with Gasteiger partial charge >= 0.3 is 5.56 Å². The van der Waals surface area contributed by atoms with Crippen LogP contribution >= 0.6 is 0 Å².